The number of nitriles is 1. The fraction of sp³-hybridized carbons (Fsp3) is 0.111. The number of nitrogens with zero attached hydrogens (tertiary/aromatic N) is 2. The van der Waals surface area contributed by atoms with E-state index in [2.05, 4.69) is 20.9 Å². The predicted molar refractivity (Wildman–Crippen MR) is 51.8 cm³/mol. The van der Waals surface area contributed by atoms with Gasteiger partial charge in [0.05, 0.1) is 0 Å². The van der Waals surface area contributed by atoms with E-state index in [0.29, 0.717) is 5.69 Å². The SMILES string of the molecule is N#Cc1ccc(C=CCBr)cn1. The van der Waals surface area contributed by atoms with Crippen molar-refractivity contribution in [1.82, 2.24) is 4.98 Å². The van der Waals surface area contributed by atoms with Gasteiger partial charge in [-0.05, 0) is 11.6 Å². The molecule has 1 aromatic rings. The van der Waals surface area contributed by atoms with Crippen LogP contribution in [0.25, 0.3) is 6.08 Å². The van der Waals surface area contributed by atoms with Gasteiger partial charge in [-0.15, -0.1) is 0 Å². The summed E-state index contributed by atoms with van der Waals surface area (Å²) in [7, 11) is 0. The van der Waals surface area contributed by atoms with Gasteiger partial charge in [0.25, 0.3) is 0 Å². The van der Waals surface area contributed by atoms with Gasteiger partial charge in [0.15, 0.2) is 0 Å². The first kappa shape index (κ1) is 8.95. The Morgan fingerprint density at radius 2 is 2.42 bits per heavy atom. The number of alkyl halides is 1. The van der Waals surface area contributed by atoms with Crippen LogP contribution in [0.15, 0.2) is 24.4 Å². The standard InChI is InChI=1S/C9H7BrN2/c10-5-1-2-8-3-4-9(6-11)12-7-8/h1-4,7H,5H2. The van der Waals surface area contributed by atoms with E-state index in [1.54, 1.807) is 12.3 Å². The molecule has 60 valence electrons. The molecular weight excluding hydrogens is 216 g/mol. The van der Waals surface area contributed by atoms with Gasteiger partial charge in [-0.1, -0.05) is 34.1 Å². The summed E-state index contributed by atoms with van der Waals surface area (Å²) in [6.45, 7) is 0. The van der Waals surface area contributed by atoms with Gasteiger partial charge in [-0.25, -0.2) is 4.98 Å². The van der Waals surface area contributed by atoms with E-state index in [1.165, 1.54) is 0 Å². The lowest BCUT2D eigenvalue weighted by atomic mass is 10.2. The van der Waals surface area contributed by atoms with Crippen molar-refractivity contribution in [2.75, 3.05) is 5.33 Å². The highest BCUT2D eigenvalue weighted by molar-refractivity contribution is 9.09. The summed E-state index contributed by atoms with van der Waals surface area (Å²) in [5.74, 6) is 0. The average molecular weight is 223 g/mol. The minimum atomic E-state index is 0.450. The largest absolute Gasteiger partial charge is 0.245 e. The maximum Gasteiger partial charge on any atom is 0.140 e. The summed E-state index contributed by atoms with van der Waals surface area (Å²) in [4.78, 5) is 3.92. The number of hydrogen-bond acceptors (Lipinski definition) is 2. The van der Waals surface area contributed by atoms with Crippen molar-refractivity contribution >= 4 is 22.0 Å². The Bertz CT molecular complexity index is 308. The highest BCUT2D eigenvalue weighted by Crippen LogP contribution is 2.01. The lowest BCUT2D eigenvalue weighted by molar-refractivity contribution is 1.26. The molecule has 1 aromatic heterocycles. The first-order valence-corrected chi connectivity index (χ1v) is 4.57. The van der Waals surface area contributed by atoms with Gasteiger partial charge in [-0.2, -0.15) is 5.26 Å². The quantitative estimate of drug-likeness (QED) is 0.721. The molecule has 0 fully saturated rings. The molecule has 1 rings (SSSR count). The Balaban J connectivity index is 2.80. The number of halogens is 1. The summed E-state index contributed by atoms with van der Waals surface area (Å²) in [5, 5.41) is 9.29. The summed E-state index contributed by atoms with van der Waals surface area (Å²) < 4.78 is 0. The molecule has 0 unspecified atom stereocenters. The molecule has 0 bridgehead atoms. The van der Waals surface area contributed by atoms with Crippen LogP contribution in [0.5, 0.6) is 0 Å². The van der Waals surface area contributed by atoms with Crippen LogP contribution in [0.4, 0.5) is 0 Å². The third kappa shape index (κ3) is 2.48. The zero-order valence-electron chi connectivity index (χ0n) is 6.37. The summed E-state index contributed by atoms with van der Waals surface area (Å²) >= 11 is 3.28. The van der Waals surface area contributed by atoms with Gasteiger partial charge in [-0.3, -0.25) is 0 Å². The van der Waals surface area contributed by atoms with Crippen LogP contribution in [0.1, 0.15) is 11.3 Å². The van der Waals surface area contributed by atoms with E-state index >= 15 is 0 Å². The third-order valence-electron chi connectivity index (χ3n) is 1.30. The van der Waals surface area contributed by atoms with Crippen molar-refractivity contribution in [3.63, 3.8) is 0 Å². The zero-order valence-corrected chi connectivity index (χ0v) is 7.95. The van der Waals surface area contributed by atoms with Crippen LogP contribution in [0.3, 0.4) is 0 Å². The van der Waals surface area contributed by atoms with Crippen LogP contribution >= 0.6 is 15.9 Å². The maximum atomic E-state index is 8.47. The molecule has 0 radical (unpaired) electrons. The molecule has 0 aromatic carbocycles. The van der Waals surface area contributed by atoms with Crippen molar-refractivity contribution in [1.29, 1.82) is 5.26 Å². The Morgan fingerprint density at radius 3 is 2.92 bits per heavy atom. The van der Waals surface area contributed by atoms with Crippen molar-refractivity contribution in [2.24, 2.45) is 0 Å². The van der Waals surface area contributed by atoms with Crippen LogP contribution in [-0.2, 0) is 0 Å². The van der Waals surface area contributed by atoms with E-state index in [-0.39, 0.29) is 0 Å². The molecule has 0 amide bonds. The van der Waals surface area contributed by atoms with Gasteiger partial charge >= 0.3 is 0 Å². The Kier molecular flexibility index (Phi) is 3.49. The maximum absolute atomic E-state index is 8.47. The molecular formula is C9H7BrN2. The number of pyridine rings is 1. The molecule has 0 aliphatic rings. The van der Waals surface area contributed by atoms with Crippen molar-refractivity contribution in [3.8, 4) is 6.07 Å². The van der Waals surface area contributed by atoms with E-state index in [9.17, 15) is 0 Å². The molecule has 3 heteroatoms. The third-order valence-corrected chi connectivity index (χ3v) is 1.67. The Labute approximate surface area is 79.7 Å². The van der Waals surface area contributed by atoms with Crippen LogP contribution in [0.2, 0.25) is 0 Å². The summed E-state index contributed by atoms with van der Waals surface area (Å²) in [5.41, 5.74) is 1.46. The van der Waals surface area contributed by atoms with Gasteiger partial charge in [0.2, 0.25) is 0 Å². The predicted octanol–water partition coefficient (Wildman–Crippen LogP) is 2.36. The molecule has 1 heterocycles. The highest BCUT2D eigenvalue weighted by atomic mass is 79.9. The van der Waals surface area contributed by atoms with Crippen LogP contribution in [0, 0.1) is 11.3 Å². The molecule has 0 N–H and O–H groups in total. The molecule has 0 aliphatic carbocycles. The lowest BCUT2D eigenvalue weighted by Crippen LogP contribution is -1.81. The molecule has 0 saturated carbocycles. The minimum Gasteiger partial charge on any atom is -0.245 e. The van der Waals surface area contributed by atoms with E-state index in [4.69, 9.17) is 5.26 Å². The fourth-order valence-electron chi connectivity index (χ4n) is 0.751. The number of allylic oxidation sites excluding steroid dienone is 1. The second-order valence-electron chi connectivity index (χ2n) is 2.15. The number of hydrogen-bond donors (Lipinski definition) is 0. The number of rotatable bonds is 2. The van der Waals surface area contributed by atoms with Crippen molar-refractivity contribution < 1.29 is 0 Å². The van der Waals surface area contributed by atoms with Crippen LogP contribution in [-0.4, -0.2) is 10.3 Å². The summed E-state index contributed by atoms with van der Waals surface area (Å²) in [6, 6.07) is 5.53. The normalized spacial score (nSPS) is 10.0. The monoisotopic (exact) mass is 222 g/mol. The highest BCUT2D eigenvalue weighted by Gasteiger charge is 1.89. The zero-order chi connectivity index (χ0) is 8.81. The molecule has 0 saturated heterocycles. The molecule has 2 nitrogen and oxygen atoms in total. The van der Waals surface area contributed by atoms with Crippen molar-refractivity contribution in [3.05, 3.63) is 35.7 Å². The fourth-order valence-corrected chi connectivity index (χ4v) is 0.938. The first-order valence-electron chi connectivity index (χ1n) is 3.45. The Morgan fingerprint density at radius 1 is 1.58 bits per heavy atom. The first-order chi connectivity index (χ1) is 5.86. The molecule has 0 atom stereocenters. The number of aromatic nitrogens is 1. The second-order valence-corrected chi connectivity index (χ2v) is 2.79. The second kappa shape index (κ2) is 4.68. The molecule has 0 aliphatic heterocycles. The Hall–Kier alpha value is -1.14. The van der Waals surface area contributed by atoms with Gasteiger partial charge in [0.1, 0.15) is 11.8 Å². The molecule has 0 spiro atoms. The average Bonchev–Trinajstić information content (AvgIpc) is 2.15. The summed E-state index contributed by atoms with van der Waals surface area (Å²) in [6.07, 6.45) is 5.60. The van der Waals surface area contributed by atoms with Crippen molar-refractivity contribution in [2.45, 2.75) is 0 Å². The topological polar surface area (TPSA) is 36.7 Å². The lowest BCUT2D eigenvalue weighted by Gasteiger charge is -1.90. The van der Waals surface area contributed by atoms with E-state index in [0.717, 1.165) is 10.9 Å². The minimum absolute atomic E-state index is 0.450. The smallest absolute Gasteiger partial charge is 0.140 e. The van der Waals surface area contributed by atoms with Gasteiger partial charge < -0.3 is 0 Å². The van der Waals surface area contributed by atoms with Gasteiger partial charge in [0, 0.05) is 11.5 Å². The molecule has 12 heavy (non-hydrogen) atoms. The van der Waals surface area contributed by atoms with Crippen LogP contribution < -0.4 is 0 Å². The van der Waals surface area contributed by atoms with E-state index in [1.807, 2.05) is 24.3 Å². The van der Waals surface area contributed by atoms with E-state index < -0.39 is 0 Å².